The summed E-state index contributed by atoms with van der Waals surface area (Å²) in [6.07, 6.45) is 1.42. The summed E-state index contributed by atoms with van der Waals surface area (Å²) in [5.74, 6) is -3.15. The fourth-order valence-electron chi connectivity index (χ4n) is 4.00. The van der Waals surface area contributed by atoms with Crippen LogP contribution in [0.5, 0.6) is 0 Å². The van der Waals surface area contributed by atoms with Gasteiger partial charge in [-0.15, -0.1) is 23.1 Å². The van der Waals surface area contributed by atoms with Crippen LogP contribution < -0.4 is 45.7 Å². The smallest absolute Gasteiger partial charge is 0.543 e. The van der Waals surface area contributed by atoms with E-state index in [2.05, 4.69) is 15.5 Å². The quantitative estimate of drug-likeness (QED) is 0.122. The molecule has 3 aliphatic rings. The molecule has 1 saturated heterocycles. The third-order valence-electron chi connectivity index (χ3n) is 5.56. The summed E-state index contributed by atoms with van der Waals surface area (Å²) in [5, 5.41) is 19.3. The standard InChI is InChI=1S/C22H17N5O7S2.Na/c1-33-26-14(12-8-36-22(23)24-12)17(28)25-15-18(29)27-16(20(30)31)9(7-35-19(15)27)6-13-10-4-2-3-5-11(10)21(32)34-13;/h2-6,8,15,19H,7H2,1H3,(H2,23,24)(H,25,28)(H,30,31);/q;+1/p-1/b13-6+,26-14-;/t15-,19+;/m1./s1. The topological polar surface area (TPSA) is 176 Å². The Kier molecular flexibility index (Phi) is 7.75. The third kappa shape index (κ3) is 4.78. The molecule has 0 spiro atoms. The molecule has 0 unspecified atom stereocenters. The summed E-state index contributed by atoms with van der Waals surface area (Å²) in [5.41, 5.74) is 6.40. The maximum atomic E-state index is 13.0. The van der Waals surface area contributed by atoms with Crippen LogP contribution in [0.15, 0.2) is 52.1 Å². The maximum absolute atomic E-state index is 13.0. The predicted molar refractivity (Wildman–Crippen MR) is 127 cm³/mol. The molecule has 4 heterocycles. The fraction of sp³-hybridized carbons (Fsp3) is 0.182. The number of nitrogens with zero attached hydrogens (tertiary/aromatic N) is 3. The Balaban J connectivity index is 0.00000320. The minimum Gasteiger partial charge on any atom is -0.543 e. The zero-order chi connectivity index (χ0) is 25.6. The summed E-state index contributed by atoms with van der Waals surface area (Å²) in [4.78, 5) is 59.8. The number of hydrogen-bond donors (Lipinski definition) is 2. The second-order valence-corrected chi connectivity index (χ2v) is 9.65. The SMILES string of the molecule is CO/N=C(\C(=O)N[C@@H]1C(=O)N2C(C(=O)[O-])=C(/C=C3/OC(=O)c4ccccc43)CS[C@@H]12)c1csc(N)n1.[Na+]. The van der Waals surface area contributed by atoms with Crippen LogP contribution in [0.25, 0.3) is 5.76 Å². The number of aromatic nitrogens is 1. The van der Waals surface area contributed by atoms with Crippen molar-refractivity contribution in [1.29, 1.82) is 0 Å². The van der Waals surface area contributed by atoms with Gasteiger partial charge >= 0.3 is 35.5 Å². The van der Waals surface area contributed by atoms with E-state index in [0.29, 0.717) is 11.1 Å². The molecule has 2 aromatic rings. The van der Waals surface area contributed by atoms with Crippen molar-refractivity contribution >= 4 is 63.5 Å². The number of hydrogen-bond acceptors (Lipinski definition) is 12. The van der Waals surface area contributed by atoms with E-state index < -0.39 is 35.2 Å². The molecule has 2 atom stereocenters. The first kappa shape index (κ1) is 26.9. The number of rotatable bonds is 6. The van der Waals surface area contributed by atoms with Gasteiger partial charge in [0.25, 0.3) is 11.8 Å². The van der Waals surface area contributed by atoms with Gasteiger partial charge in [0.1, 0.15) is 30.0 Å². The van der Waals surface area contributed by atoms with Gasteiger partial charge in [0, 0.05) is 16.7 Å². The molecule has 184 valence electrons. The van der Waals surface area contributed by atoms with Gasteiger partial charge in [-0.25, -0.2) is 9.78 Å². The van der Waals surface area contributed by atoms with E-state index >= 15 is 0 Å². The number of carbonyl (C=O) groups excluding carboxylic acids is 4. The zero-order valence-corrected chi connectivity index (χ0v) is 23.1. The maximum Gasteiger partial charge on any atom is 1.00 e. The molecule has 0 bridgehead atoms. The summed E-state index contributed by atoms with van der Waals surface area (Å²) >= 11 is 2.34. The summed E-state index contributed by atoms with van der Waals surface area (Å²) in [6, 6.07) is 5.68. The van der Waals surface area contributed by atoms with Gasteiger partial charge in [0.2, 0.25) is 0 Å². The monoisotopic (exact) mass is 549 g/mol. The predicted octanol–water partition coefficient (Wildman–Crippen LogP) is -3.30. The van der Waals surface area contributed by atoms with E-state index in [4.69, 9.17) is 15.3 Å². The van der Waals surface area contributed by atoms with E-state index in [1.165, 1.54) is 30.3 Å². The van der Waals surface area contributed by atoms with E-state index in [0.717, 1.165) is 16.2 Å². The van der Waals surface area contributed by atoms with Crippen molar-refractivity contribution in [2.75, 3.05) is 18.6 Å². The first-order chi connectivity index (χ1) is 17.3. The first-order valence-electron chi connectivity index (χ1n) is 10.4. The Morgan fingerprint density at radius 1 is 1.32 bits per heavy atom. The minimum absolute atomic E-state index is 0. The Bertz CT molecular complexity index is 1420. The van der Waals surface area contributed by atoms with Crippen molar-refractivity contribution in [3.05, 3.63) is 63.8 Å². The Morgan fingerprint density at radius 2 is 2.05 bits per heavy atom. The molecular weight excluding hydrogens is 533 g/mol. The van der Waals surface area contributed by atoms with Gasteiger partial charge < -0.3 is 30.5 Å². The Labute approximate surface area is 239 Å². The summed E-state index contributed by atoms with van der Waals surface area (Å²) in [6.45, 7) is 0. The van der Waals surface area contributed by atoms with Gasteiger partial charge in [0.15, 0.2) is 10.8 Å². The van der Waals surface area contributed by atoms with Crippen LogP contribution in [-0.2, 0) is 24.0 Å². The number of cyclic esters (lactones) is 1. The molecule has 12 nitrogen and oxygen atoms in total. The zero-order valence-electron chi connectivity index (χ0n) is 19.4. The van der Waals surface area contributed by atoms with Crippen LogP contribution in [0.3, 0.4) is 0 Å². The Morgan fingerprint density at radius 3 is 2.70 bits per heavy atom. The second kappa shape index (κ2) is 10.7. The van der Waals surface area contributed by atoms with Gasteiger partial charge in [-0.1, -0.05) is 23.4 Å². The van der Waals surface area contributed by atoms with E-state index in [1.807, 2.05) is 0 Å². The molecule has 3 aliphatic heterocycles. The number of fused-ring (bicyclic) bond motifs is 2. The van der Waals surface area contributed by atoms with Crippen LogP contribution in [0.4, 0.5) is 5.13 Å². The van der Waals surface area contributed by atoms with Crippen LogP contribution in [0, 0.1) is 0 Å². The average molecular weight is 550 g/mol. The number of thiazole rings is 1. The van der Waals surface area contributed by atoms with Crippen molar-refractivity contribution in [3.8, 4) is 0 Å². The summed E-state index contributed by atoms with van der Waals surface area (Å²) in [7, 11) is 1.25. The number of aliphatic carboxylic acids is 1. The molecule has 1 aromatic heterocycles. The number of carbonyl (C=O) groups is 4. The second-order valence-electron chi connectivity index (χ2n) is 7.66. The van der Waals surface area contributed by atoms with Crippen LogP contribution in [0.2, 0.25) is 0 Å². The minimum atomic E-state index is -1.57. The molecule has 3 N–H and O–H groups in total. The number of nitrogen functional groups attached to an aromatic ring is 1. The Hall–Kier alpha value is -3.17. The molecule has 1 aromatic carbocycles. The number of carboxylic acid groups (broad SMARTS) is 1. The molecule has 37 heavy (non-hydrogen) atoms. The van der Waals surface area contributed by atoms with E-state index in [9.17, 15) is 24.3 Å². The number of β-lactam (4-membered cyclic amide) rings is 1. The van der Waals surface area contributed by atoms with E-state index in [-0.39, 0.29) is 68.9 Å². The van der Waals surface area contributed by atoms with Crippen molar-refractivity contribution in [2.45, 2.75) is 11.4 Å². The van der Waals surface area contributed by atoms with Crippen LogP contribution in [0.1, 0.15) is 21.6 Å². The number of carboxylic acids is 1. The largest absolute Gasteiger partial charge is 1.00 e. The van der Waals surface area contributed by atoms with Gasteiger partial charge in [-0.3, -0.25) is 14.5 Å². The number of esters is 1. The molecule has 2 amide bonds. The van der Waals surface area contributed by atoms with Gasteiger partial charge in [-0.2, -0.15) is 0 Å². The number of oxime groups is 1. The number of anilines is 1. The van der Waals surface area contributed by atoms with Crippen LogP contribution in [-0.4, -0.2) is 63.6 Å². The molecule has 5 rings (SSSR count). The number of nitrogens with one attached hydrogen (secondary N) is 1. The fourth-order valence-corrected chi connectivity index (χ4v) is 5.85. The number of amides is 2. The van der Waals surface area contributed by atoms with Crippen molar-refractivity contribution < 1.29 is 63.4 Å². The molecule has 0 saturated carbocycles. The number of allylic oxidation sites excluding steroid dienone is 1. The molecule has 0 radical (unpaired) electrons. The molecule has 15 heteroatoms. The average Bonchev–Trinajstić information content (AvgIpc) is 3.43. The number of ether oxygens (including phenoxy) is 1. The summed E-state index contributed by atoms with van der Waals surface area (Å²) < 4.78 is 5.30. The number of thioether (sulfide) groups is 1. The van der Waals surface area contributed by atoms with Crippen molar-refractivity contribution in [1.82, 2.24) is 15.2 Å². The van der Waals surface area contributed by atoms with Crippen LogP contribution >= 0.6 is 23.1 Å². The van der Waals surface area contributed by atoms with Gasteiger partial charge in [-0.05, 0) is 17.7 Å². The molecule has 0 aliphatic carbocycles. The normalized spacial score (nSPS) is 21.5. The van der Waals surface area contributed by atoms with Gasteiger partial charge in [0.05, 0.1) is 17.2 Å². The number of benzene rings is 1. The molecular formula is C22H16N5NaO7S2. The van der Waals surface area contributed by atoms with Crippen molar-refractivity contribution in [3.63, 3.8) is 0 Å². The number of nitrogens with two attached hydrogens (primary N) is 1. The molecule has 1 fully saturated rings. The van der Waals surface area contributed by atoms with Crippen molar-refractivity contribution in [2.24, 2.45) is 5.16 Å². The van der Waals surface area contributed by atoms with E-state index in [1.54, 1.807) is 24.3 Å². The third-order valence-corrected chi connectivity index (χ3v) is 7.54. The first-order valence-corrected chi connectivity index (χ1v) is 12.3.